The van der Waals surface area contributed by atoms with Crippen LogP contribution in [0.1, 0.15) is 36.4 Å². The van der Waals surface area contributed by atoms with Crippen LogP contribution in [0, 0.1) is 0 Å². The fourth-order valence-electron chi connectivity index (χ4n) is 5.23. The summed E-state index contributed by atoms with van der Waals surface area (Å²) in [6.45, 7) is 5.61. The van der Waals surface area contributed by atoms with Crippen LogP contribution in [-0.4, -0.2) is 58.6 Å². The molecule has 6 rings (SSSR count). The van der Waals surface area contributed by atoms with Gasteiger partial charge in [0.25, 0.3) is 5.88 Å². The molecular formula is C23H27Cl2N5O3S. The Morgan fingerprint density at radius 1 is 1.12 bits per heavy atom. The second-order valence-electron chi connectivity index (χ2n) is 8.97. The molecular weight excluding hydrogens is 497 g/mol. The Kier molecular flexibility index (Phi) is 7.00. The molecule has 182 valence electrons. The van der Waals surface area contributed by atoms with E-state index in [1.165, 1.54) is 11.3 Å². The van der Waals surface area contributed by atoms with Gasteiger partial charge in [0.15, 0.2) is 5.75 Å². The SMILES string of the molecule is Cl.O=c1sc2ccc(Cl)c3c2n1CCC3CN1CCC(NCc2cc3c(nn2)OCCO3)CC1. The summed E-state index contributed by atoms with van der Waals surface area (Å²) in [6, 6.07) is 6.31. The molecule has 8 nitrogen and oxygen atoms in total. The molecule has 5 heterocycles. The molecule has 1 N–H and O–H groups in total. The lowest BCUT2D eigenvalue weighted by Crippen LogP contribution is -2.44. The van der Waals surface area contributed by atoms with Crippen molar-refractivity contribution in [3.05, 3.63) is 44.1 Å². The summed E-state index contributed by atoms with van der Waals surface area (Å²) in [5, 5.41) is 12.8. The molecule has 0 spiro atoms. The van der Waals surface area contributed by atoms with E-state index in [9.17, 15) is 4.79 Å². The van der Waals surface area contributed by atoms with Gasteiger partial charge >= 0.3 is 4.87 Å². The average Bonchev–Trinajstić information content (AvgIpc) is 3.17. The predicted molar refractivity (Wildman–Crippen MR) is 135 cm³/mol. The number of aryl methyl sites for hydroxylation is 1. The van der Waals surface area contributed by atoms with E-state index in [-0.39, 0.29) is 17.3 Å². The molecule has 0 aliphatic carbocycles. The van der Waals surface area contributed by atoms with Gasteiger partial charge in [0.1, 0.15) is 13.2 Å². The molecule has 2 aromatic heterocycles. The summed E-state index contributed by atoms with van der Waals surface area (Å²) >= 11 is 7.96. The number of nitrogens with zero attached hydrogens (tertiary/aromatic N) is 4. The van der Waals surface area contributed by atoms with Gasteiger partial charge in [0.05, 0.1) is 15.9 Å². The van der Waals surface area contributed by atoms with E-state index in [1.807, 2.05) is 22.8 Å². The van der Waals surface area contributed by atoms with Gasteiger partial charge in [-0.15, -0.1) is 17.5 Å². The highest BCUT2D eigenvalue weighted by Gasteiger charge is 2.29. The number of hydrogen-bond acceptors (Lipinski definition) is 8. The molecule has 11 heteroatoms. The van der Waals surface area contributed by atoms with Gasteiger partial charge in [0, 0.05) is 48.2 Å². The van der Waals surface area contributed by atoms with Crippen LogP contribution in [0.25, 0.3) is 10.2 Å². The normalized spacial score (nSPS) is 20.3. The third-order valence-corrected chi connectivity index (χ3v) is 8.19. The third-order valence-electron chi connectivity index (χ3n) is 6.92. The van der Waals surface area contributed by atoms with Crippen molar-refractivity contribution < 1.29 is 9.47 Å². The molecule has 0 radical (unpaired) electrons. The fourth-order valence-corrected chi connectivity index (χ4v) is 6.47. The number of hydrogen-bond donors (Lipinski definition) is 1. The summed E-state index contributed by atoms with van der Waals surface area (Å²) in [4.78, 5) is 15.0. The number of rotatable bonds is 5. The van der Waals surface area contributed by atoms with Crippen LogP contribution < -0.4 is 19.7 Å². The second kappa shape index (κ2) is 9.99. The van der Waals surface area contributed by atoms with Crippen molar-refractivity contribution in [1.29, 1.82) is 0 Å². The van der Waals surface area contributed by atoms with Crippen molar-refractivity contribution in [2.75, 3.05) is 32.8 Å². The Morgan fingerprint density at radius 3 is 2.79 bits per heavy atom. The van der Waals surface area contributed by atoms with Crippen molar-refractivity contribution >= 4 is 45.6 Å². The minimum absolute atomic E-state index is 0. The maximum atomic E-state index is 12.3. The monoisotopic (exact) mass is 523 g/mol. The van der Waals surface area contributed by atoms with Gasteiger partial charge in [-0.3, -0.25) is 9.36 Å². The summed E-state index contributed by atoms with van der Waals surface area (Å²) in [5.41, 5.74) is 3.09. The first kappa shape index (κ1) is 23.8. The molecule has 1 aromatic carbocycles. The van der Waals surface area contributed by atoms with Crippen LogP contribution in [0.5, 0.6) is 11.6 Å². The Balaban J connectivity index is 0.00000241. The van der Waals surface area contributed by atoms with Crippen LogP contribution in [-0.2, 0) is 13.1 Å². The number of nitrogens with one attached hydrogen (secondary N) is 1. The van der Waals surface area contributed by atoms with E-state index >= 15 is 0 Å². The fraction of sp³-hybridized carbons (Fsp3) is 0.522. The molecule has 3 aliphatic rings. The molecule has 3 aromatic rings. The van der Waals surface area contributed by atoms with Crippen LogP contribution in [0.3, 0.4) is 0 Å². The van der Waals surface area contributed by atoms with Crippen LogP contribution in [0.2, 0.25) is 5.02 Å². The first-order chi connectivity index (χ1) is 16.2. The summed E-state index contributed by atoms with van der Waals surface area (Å²) in [6.07, 6.45) is 3.14. The maximum absolute atomic E-state index is 12.3. The second-order valence-corrected chi connectivity index (χ2v) is 10.4. The van der Waals surface area contributed by atoms with E-state index in [2.05, 4.69) is 20.4 Å². The highest BCUT2D eigenvalue weighted by Crippen LogP contribution is 2.39. The van der Waals surface area contributed by atoms with E-state index in [0.29, 0.717) is 43.3 Å². The lowest BCUT2D eigenvalue weighted by molar-refractivity contribution is 0.161. The lowest BCUT2D eigenvalue weighted by Gasteiger charge is -2.36. The van der Waals surface area contributed by atoms with Crippen molar-refractivity contribution in [3.8, 4) is 11.6 Å². The number of ether oxygens (including phenoxy) is 2. The number of fused-ring (bicyclic) bond motifs is 1. The number of piperidine rings is 1. The summed E-state index contributed by atoms with van der Waals surface area (Å²) in [5.74, 6) is 1.53. The van der Waals surface area contributed by atoms with Crippen LogP contribution >= 0.6 is 35.3 Å². The highest BCUT2D eigenvalue weighted by molar-refractivity contribution is 7.16. The number of likely N-dealkylation sites (tertiary alicyclic amines) is 1. The maximum Gasteiger partial charge on any atom is 0.308 e. The number of thiazole rings is 1. The van der Waals surface area contributed by atoms with Crippen LogP contribution in [0.15, 0.2) is 23.0 Å². The van der Waals surface area contributed by atoms with Gasteiger partial charge in [-0.05, 0) is 44.5 Å². The Labute approximate surface area is 212 Å². The standard InChI is InChI=1S/C23H26ClN5O3S.ClH/c24-17-1-2-19-21-20(17)14(3-8-29(21)23(30)33-19)13-28-6-4-15(5-7-28)25-12-16-11-18-22(27-26-16)32-10-9-31-18;/h1-2,11,14-15,25H,3-10,12-13H2;1H. The van der Waals surface area contributed by atoms with Gasteiger partial charge in [-0.25, -0.2) is 0 Å². The smallest absolute Gasteiger partial charge is 0.308 e. The first-order valence-electron chi connectivity index (χ1n) is 11.6. The zero-order valence-electron chi connectivity index (χ0n) is 18.7. The average molecular weight is 524 g/mol. The van der Waals surface area contributed by atoms with E-state index in [0.717, 1.165) is 71.9 Å². The van der Waals surface area contributed by atoms with Crippen molar-refractivity contribution in [1.82, 2.24) is 25.0 Å². The molecule has 1 unspecified atom stereocenters. The summed E-state index contributed by atoms with van der Waals surface area (Å²) in [7, 11) is 0. The summed E-state index contributed by atoms with van der Waals surface area (Å²) < 4.78 is 14.0. The molecule has 0 saturated carbocycles. The van der Waals surface area contributed by atoms with E-state index in [1.54, 1.807) is 0 Å². The molecule has 1 atom stereocenters. The van der Waals surface area contributed by atoms with Gasteiger partial charge < -0.3 is 19.7 Å². The lowest BCUT2D eigenvalue weighted by atomic mass is 9.90. The topological polar surface area (TPSA) is 81.5 Å². The van der Waals surface area contributed by atoms with Crippen molar-refractivity contribution in [2.45, 2.75) is 44.3 Å². The molecule has 1 fully saturated rings. The number of benzene rings is 1. The van der Waals surface area contributed by atoms with Gasteiger partial charge in [-0.1, -0.05) is 22.9 Å². The van der Waals surface area contributed by atoms with Gasteiger partial charge in [0.2, 0.25) is 0 Å². The quantitative estimate of drug-likeness (QED) is 0.548. The van der Waals surface area contributed by atoms with E-state index < -0.39 is 0 Å². The Morgan fingerprint density at radius 2 is 1.94 bits per heavy atom. The largest absolute Gasteiger partial charge is 0.484 e. The number of aromatic nitrogens is 3. The third kappa shape index (κ3) is 4.52. The Bertz CT molecular complexity index is 1240. The van der Waals surface area contributed by atoms with E-state index in [4.69, 9.17) is 21.1 Å². The number of halogens is 2. The highest BCUT2D eigenvalue weighted by atomic mass is 35.5. The minimum Gasteiger partial charge on any atom is -0.484 e. The molecule has 0 bridgehead atoms. The minimum atomic E-state index is 0. The first-order valence-corrected chi connectivity index (χ1v) is 12.7. The molecule has 34 heavy (non-hydrogen) atoms. The zero-order chi connectivity index (χ0) is 22.4. The molecule has 3 aliphatic heterocycles. The van der Waals surface area contributed by atoms with Gasteiger partial charge in [-0.2, -0.15) is 5.10 Å². The van der Waals surface area contributed by atoms with Crippen molar-refractivity contribution in [2.24, 2.45) is 0 Å². The Hall–Kier alpha value is -1.91. The van der Waals surface area contributed by atoms with Crippen molar-refractivity contribution in [3.63, 3.8) is 0 Å². The molecule has 1 saturated heterocycles. The van der Waals surface area contributed by atoms with Crippen LogP contribution in [0.4, 0.5) is 0 Å². The molecule has 0 amide bonds. The zero-order valence-corrected chi connectivity index (χ0v) is 21.1. The predicted octanol–water partition coefficient (Wildman–Crippen LogP) is 3.44.